The molecule has 0 radical (unpaired) electrons. The van der Waals surface area contributed by atoms with Crippen LogP contribution in [-0.4, -0.2) is 35.5 Å². The van der Waals surface area contributed by atoms with Crippen LogP contribution in [0.5, 0.6) is 0 Å². The Morgan fingerprint density at radius 3 is 2.25 bits per heavy atom. The van der Waals surface area contributed by atoms with Crippen LogP contribution in [-0.2, 0) is 9.31 Å². The van der Waals surface area contributed by atoms with Gasteiger partial charge in [0.2, 0.25) is 0 Å². The Morgan fingerprint density at radius 2 is 1.80 bits per heavy atom. The van der Waals surface area contributed by atoms with Crippen LogP contribution in [0.3, 0.4) is 0 Å². The van der Waals surface area contributed by atoms with Crippen LogP contribution in [0.15, 0.2) is 12.1 Å². The number of amides is 1. The lowest BCUT2D eigenvalue weighted by molar-refractivity contribution is 0.00578. The van der Waals surface area contributed by atoms with Crippen LogP contribution < -0.4 is 11.3 Å². The molecule has 2 heterocycles. The molecule has 1 amide bonds. The summed E-state index contributed by atoms with van der Waals surface area (Å²) >= 11 is 0. The molecule has 6 nitrogen and oxygen atoms in total. The van der Waals surface area contributed by atoms with Crippen LogP contribution >= 0.6 is 0 Å². The maximum Gasteiger partial charge on any atom is 0.514 e. The van der Waals surface area contributed by atoms with Gasteiger partial charge in [-0.05, 0) is 39.8 Å². The number of aromatic nitrogens is 1. The number of aldehydes is 1. The second-order valence-corrected chi connectivity index (χ2v) is 5.74. The smallest absolute Gasteiger partial charge is 0.398 e. The lowest BCUT2D eigenvalue weighted by atomic mass is 9.83. The highest BCUT2D eigenvalue weighted by atomic mass is 16.7. The highest BCUT2D eigenvalue weighted by molar-refractivity contribution is 6.61. The molecule has 0 aliphatic carbocycles. The lowest BCUT2D eigenvalue weighted by Crippen LogP contribution is -2.41. The normalized spacial score (nSPS) is 19.9. The Hall–Kier alpha value is -1.73. The predicted molar refractivity (Wildman–Crippen MR) is 73.9 cm³/mol. The van der Waals surface area contributed by atoms with Crippen molar-refractivity contribution >= 4 is 24.9 Å². The first kappa shape index (κ1) is 14.7. The molecule has 0 atom stereocenters. The van der Waals surface area contributed by atoms with Gasteiger partial charge in [0, 0.05) is 0 Å². The second-order valence-electron chi connectivity index (χ2n) is 5.74. The highest BCUT2D eigenvalue weighted by Crippen LogP contribution is 2.36. The maximum atomic E-state index is 11.2. The molecule has 1 aliphatic rings. The number of carbonyl (C=O) groups excluding carboxylic acids is 2. The summed E-state index contributed by atoms with van der Waals surface area (Å²) in [5, 5.41) is 0. The minimum atomic E-state index is -0.694. The maximum absolute atomic E-state index is 11.2. The number of pyridine rings is 1. The van der Waals surface area contributed by atoms with E-state index in [2.05, 4.69) is 4.98 Å². The molecule has 0 unspecified atom stereocenters. The molecule has 0 spiro atoms. The Bertz CT molecular complexity index is 555. The summed E-state index contributed by atoms with van der Waals surface area (Å²) in [6, 6.07) is 3.04. The summed E-state index contributed by atoms with van der Waals surface area (Å²) < 4.78 is 11.7. The quantitative estimate of drug-likeness (QED) is 0.633. The zero-order chi connectivity index (χ0) is 15.1. The fourth-order valence-electron chi connectivity index (χ4n) is 1.88. The van der Waals surface area contributed by atoms with E-state index in [4.69, 9.17) is 15.0 Å². The monoisotopic (exact) mass is 276 g/mol. The van der Waals surface area contributed by atoms with Crippen molar-refractivity contribution in [3.63, 3.8) is 0 Å². The van der Waals surface area contributed by atoms with Crippen LogP contribution in [0.1, 0.15) is 48.5 Å². The third-order valence-electron chi connectivity index (χ3n) is 3.82. The highest BCUT2D eigenvalue weighted by Gasteiger charge is 2.52. The van der Waals surface area contributed by atoms with Crippen molar-refractivity contribution in [2.45, 2.75) is 38.9 Å². The van der Waals surface area contributed by atoms with Gasteiger partial charge in [0.05, 0.1) is 22.4 Å². The molecule has 0 bridgehead atoms. The molecule has 106 valence electrons. The SMILES string of the molecule is CC1(C)OB(c2ccc(C(N)=O)c(C=O)n2)OC1(C)C. The van der Waals surface area contributed by atoms with Crippen molar-refractivity contribution < 1.29 is 18.9 Å². The van der Waals surface area contributed by atoms with Crippen LogP contribution in [0.25, 0.3) is 0 Å². The van der Waals surface area contributed by atoms with Crippen molar-refractivity contribution in [1.82, 2.24) is 4.98 Å². The number of primary amides is 1. The topological polar surface area (TPSA) is 91.5 Å². The van der Waals surface area contributed by atoms with E-state index in [0.29, 0.717) is 11.9 Å². The van der Waals surface area contributed by atoms with Gasteiger partial charge < -0.3 is 15.0 Å². The minimum absolute atomic E-state index is 0.00953. The molecule has 1 fully saturated rings. The summed E-state index contributed by atoms with van der Waals surface area (Å²) in [4.78, 5) is 26.3. The molecular formula is C13H17BN2O4. The van der Waals surface area contributed by atoms with Gasteiger partial charge in [-0.3, -0.25) is 14.6 Å². The van der Waals surface area contributed by atoms with E-state index in [1.807, 2.05) is 27.7 Å². The van der Waals surface area contributed by atoms with Crippen LogP contribution in [0.2, 0.25) is 0 Å². The summed E-state index contributed by atoms with van der Waals surface area (Å²) in [5.74, 6) is -0.694. The Morgan fingerprint density at radius 1 is 1.25 bits per heavy atom. The van der Waals surface area contributed by atoms with Crippen molar-refractivity contribution in [1.29, 1.82) is 0 Å². The largest absolute Gasteiger partial charge is 0.514 e. The van der Waals surface area contributed by atoms with Gasteiger partial charge in [-0.1, -0.05) is 0 Å². The van der Waals surface area contributed by atoms with Crippen molar-refractivity contribution in [3.8, 4) is 0 Å². The Balaban J connectivity index is 2.37. The summed E-state index contributed by atoms with van der Waals surface area (Å²) in [7, 11) is -0.680. The van der Waals surface area contributed by atoms with Gasteiger partial charge >= 0.3 is 7.12 Å². The molecular weight excluding hydrogens is 259 g/mol. The van der Waals surface area contributed by atoms with Gasteiger partial charge in [-0.25, -0.2) is 0 Å². The van der Waals surface area contributed by atoms with Gasteiger partial charge in [0.15, 0.2) is 6.29 Å². The molecule has 0 saturated carbocycles. The third-order valence-corrected chi connectivity index (χ3v) is 3.82. The Kier molecular flexibility index (Phi) is 3.43. The zero-order valence-corrected chi connectivity index (χ0v) is 12.0. The minimum Gasteiger partial charge on any atom is -0.398 e. The van der Waals surface area contributed by atoms with Crippen molar-refractivity contribution in [3.05, 3.63) is 23.4 Å². The number of carbonyl (C=O) groups is 2. The van der Waals surface area contributed by atoms with E-state index in [0.717, 1.165) is 0 Å². The van der Waals surface area contributed by atoms with Crippen LogP contribution in [0.4, 0.5) is 0 Å². The van der Waals surface area contributed by atoms with Crippen molar-refractivity contribution in [2.24, 2.45) is 5.73 Å². The van der Waals surface area contributed by atoms with Gasteiger partial charge in [-0.2, -0.15) is 0 Å². The molecule has 1 aromatic heterocycles. The van der Waals surface area contributed by atoms with Gasteiger partial charge in [0.25, 0.3) is 5.91 Å². The first-order valence-electron chi connectivity index (χ1n) is 6.29. The average Bonchev–Trinajstić information content (AvgIpc) is 2.57. The van der Waals surface area contributed by atoms with E-state index >= 15 is 0 Å². The van der Waals surface area contributed by atoms with Gasteiger partial charge in [0.1, 0.15) is 5.69 Å². The standard InChI is InChI=1S/C13H17BN2O4/c1-12(2)13(3,4)20-14(19-12)10-6-5-8(11(15)18)9(7-17)16-10/h5-7H,1-4H3,(H2,15,18). The number of rotatable bonds is 3. The fraction of sp³-hybridized carbons (Fsp3) is 0.462. The number of nitrogens with two attached hydrogens (primary N) is 1. The second kappa shape index (κ2) is 4.68. The summed E-state index contributed by atoms with van der Waals surface area (Å²) in [6.07, 6.45) is 0.495. The van der Waals surface area contributed by atoms with Gasteiger partial charge in [-0.15, -0.1) is 0 Å². The number of nitrogens with zero attached hydrogens (tertiary/aromatic N) is 1. The molecule has 2 N–H and O–H groups in total. The third kappa shape index (κ3) is 2.34. The predicted octanol–water partition coefficient (Wildman–Crippen LogP) is 0.292. The molecule has 1 aliphatic heterocycles. The van der Waals surface area contributed by atoms with E-state index < -0.39 is 24.2 Å². The molecule has 20 heavy (non-hydrogen) atoms. The summed E-state index contributed by atoms with van der Waals surface area (Å²) in [5.41, 5.74) is 4.70. The first-order valence-corrected chi connectivity index (χ1v) is 6.29. The first-order chi connectivity index (χ1) is 9.18. The van der Waals surface area contributed by atoms with E-state index in [-0.39, 0.29) is 11.3 Å². The average molecular weight is 276 g/mol. The molecule has 2 rings (SSSR count). The molecule has 7 heteroatoms. The molecule has 0 aromatic carbocycles. The van der Waals surface area contributed by atoms with Crippen molar-refractivity contribution in [2.75, 3.05) is 0 Å². The van der Waals surface area contributed by atoms with E-state index in [1.165, 1.54) is 6.07 Å². The van der Waals surface area contributed by atoms with Crippen LogP contribution in [0, 0.1) is 0 Å². The van der Waals surface area contributed by atoms with E-state index in [1.54, 1.807) is 6.07 Å². The molecule has 1 saturated heterocycles. The lowest BCUT2D eigenvalue weighted by Gasteiger charge is -2.32. The van der Waals surface area contributed by atoms with E-state index in [9.17, 15) is 9.59 Å². The number of hydrogen-bond acceptors (Lipinski definition) is 5. The number of hydrogen-bond donors (Lipinski definition) is 1. The summed E-state index contributed by atoms with van der Waals surface area (Å²) in [6.45, 7) is 7.69. The molecule has 1 aromatic rings. The fourth-order valence-corrected chi connectivity index (χ4v) is 1.88. The zero-order valence-electron chi connectivity index (χ0n) is 12.0. The Labute approximate surface area is 117 Å².